The van der Waals surface area contributed by atoms with Crippen molar-refractivity contribution in [1.82, 2.24) is 39.1 Å². The van der Waals surface area contributed by atoms with Gasteiger partial charge in [-0.2, -0.15) is 5.10 Å². The van der Waals surface area contributed by atoms with Crippen LogP contribution < -0.4 is 11.0 Å². The zero-order chi connectivity index (χ0) is 33.4. The van der Waals surface area contributed by atoms with Crippen molar-refractivity contribution in [3.05, 3.63) is 146 Å². The molecule has 1 aliphatic heterocycles. The second-order valence-corrected chi connectivity index (χ2v) is 12.6. The lowest BCUT2D eigenvalue weighted by molar-refractivity contribution is 0.0610. The Hall–Kier alpha value is -5.33. The number of hydrogen-bond acceptors (Lipinski definition) is 6. The van der Waals surface area contributed by atoms with Crippen molar-refractivity contribution in [2.24, 2.45) is 0 Å². The maximum atomic E-state index is 14.3. The van der Waals surface area contributed by atoms with Crippen molar-refractivity contribution in [2.75, 3.05) is 0 Å². The Labute approximate surface area is 288 Å². The van der Waals surface area contributed by atoms with Gasteiger partial charge in [-0.1, -0.05) is 35.9 Å². The van der Waals surface area contributed by atoms with Crippen molar-refractivity contribution >= 4 is 39.3 Å². The second kappa shape index (κ2) is 13.1. The first-order valence-electron chi connectivity index (χ1n) is 15.1. The minimum Gasteiger partial charge on any atom is -0.347 e. The smallest absolute Gasteiger partial charge is 0.333 e. The molecule has 7 rings (SSSR count). The Morgan fingerprint density at radius 1 is 1.00 bits per heavy atom. The van der Waals surface area contributed by atoms with Crippen molar-refractivity contribution in [2.45, 2.75) is 32.6 Å². The Morgan fingerprint density at radius 3 is 2.52 bits per heavy atom. The van der Waals surface area contributed by atoms with Crippen LogP contribution in [0.25, 0.3) is 22.6 Å². The van der Waals surface area contributed by atoms with Crippen LogP contribution in [-0.2, 0) is 19.6 Å². The molecule has 1 aliphatic rings. The van der Waals surface area contributed by atoms with Gasteiger partial charge in [0.25, 0.3) is 11.8 Å². The standard InChI is InChI=1S/C35H28BrClN8O3/c1-22-19-43-31(20-42(22)34(47)23-7-12-28(36)29(37)17-23)32(45(35(43)48)26-10-8-25(9-11-26)44-16-4-14-41-44)33(46)39-18-24-5-2-3-6-27(24)30-13-15-38-21-40-30/h2-17,21-22H,18-20H2,1H3,(H,39,46). The topological polar surface area (TPSA) is 120 Å². The second-order valence-electron chi connectivity index (χ2n) is 11.3. The summed E-state index contributed by atoms with van der Waals surface area (Å²) in [7, 11) is 0. The third-order valence-electron chi connectivity index (χ3n) is 8.38. The number of hydrogen-bond donors (Lipinski definition) is 1. The first kappa shape index (κ1) is 31.3. The summed E-state index contributed by atoms with van der Waals surface area (Å²) in [6.45, 7) is 2.31. The summed E-state index contributed by atoms with van der Waals surface area (Å²) in [5.41, 5.74) is 4.36. The molecule has 11 nitrogen and oxygen atoms in total. The van der Waals surface area contributed by atoms with E-state index in [1.54, 1.807) is 62.9 Å². The zero-order valence-electron chi connectivity index (χ0n) is 25.6. The average molecular weight is 724 g/mol. The summed E-state index contributed by atoms with van der Waals surface area (Å²) in [4.78, 5) is 52.2. The fraction of sp³-hybridized carbons (Fsp3) is 0.143. The number of carbonyl (C=O) groups is 2. The zero-order valence-corrected chi connectivity index (χ0v) is 28.0. The predicted octanol–water partition coefficient (Wildman–Crippen LogP) is 5.67. The summed E-state index contributed by atoms with van der Waals surface area (Å²) >= 11 is 9.70. The lowest BCUT2D eigenvalue weighted by Crippen LogP contribution is -2.47. The molecule has 0 spiro atoms. The van der Waals surface area contributed by atoms with Crippen LogP contribution in [0.4, 0.5) is 0 Å². The molecule has 0 fully saturated rings. The van der Waals surface area contributed by atoms with E-state index in [-0.39, 0.29) is 43.0 Å². The minimum atomic E-state index is -0.455. The summed E-state index contributed by atoms with van der Waals surface area (Å²) in [6.07, 6.45) is 6.65. The maximum Gasteiger partial charge on any atom is 0.333 e. The molecule has 0 bridgehead atoms. The highest BCUT2D eigenvalue weighted by Crippen LogP contribution is 2.28. The normalized spacial score (nSPS) is 14.1. The first-order chi connectivity index (χ1) is 23.3. The van der Waals surface area contributed by atoms with Gasteiger partial charge in [0.2, 0.25) is 0 Å². The molecule has 0 saturated carbocycles. The Bertz CT molecular complexity index is 2200. The SMILES string of the molecule is CC1Cn2c(c(C(=O)NCc3ccccc3-c3ccncn3)n(-c3ccc(-n4cccn4)cc3)c2=O)CN1C(=O)c1ccc(Br)c(Cl)c1. The highest BCUT2D eigenvalue weighted by atomic mass is 79.9. The van der Waals surface area contributed by atoms with Crippen LogP contribution in [0, 0.1) is 0 Å². The van der Waals surface area contributed by atoms with Crippen LogP contribution in [-0.4, -0.2) is 51.6 Å². The minimum absolute atomic E-state index is 0.0432. The largest absolute Gasteiger partial charge is 0.347 e. The molecule has 3 aromatic carbocycles. The van der Waals surface area contributed by atoms with Crippen LogP contribution >= 0.6 is 27.5 Å². The third kappa shape index (κ3) is 5.84. The number of rotatable bonds is 7. The molecule has 240 valence electrons. The van der Waals surface area contributed by atoms with Gasteiger partial charge in [-0.3, -0.25) is 18.7 Å². The van der Waals surface area contributed by atoms with Gasteiger partial charge in [-0.15, -0.1) is 0 Å². The van der Waals surface area contributed by atoms with Crippen LogP contribution in [0.3, 0.4) is 0 Å². The lowest BCUT2D eigenvalue weighted by Gasteiger charge is -2.34. The lowest BCUT2D eigenvalue weighted by atomic mass is 10.0. The fourth-order valence-electron chi connectivity index (χ4n) is 5.97. The van der Waals surface area contributed by atoms with Crippen molar-refractivity contribution in [3.8, 4) is 22.6 Å². The highest BCUT2D eigenvalue weighted by molar-refractivity contribution is 9.10. The van der Waals surface area contributed by atoms with Gasteiger partial charge in [0.05, 0.1) is 34.3 Å². The molecule has 48 heavy (non-hydrogen) atoms. The summed E-state index contributed by atoms with van der Waals surface area (Å²) in [5.74, 6) is -0.708. The van der Waals surface area contributed by atoms with E-state index in [9.17, 15) is 14.4 Å². The molecule has 13 heteroatoms. The number of nitrogens with one attached hydrogen (secondary N) is 1. The first-order valence-corrected chi connectivity index (χ1v) is 16.3. The van der Waals surface area contributed by atoms with E-state index in [0.717, 1.165) is 22.5 Å². The predicted molar refractivity (Wildman–Crippen MR) is 184 cm³/mol. The number of nitrogens with zero attached hydrogens (tertiary/aromatic N) is 7. The summed E-state index contributed by atoms with van der Waals surface area (Å²) < 4.78 is 5.40. The quantitative estimate of drug-likeness (QED) is 0.227. The van der Waals surface area contributed by atoms with E-state index in [0.29, 0.717) is 26.4 Å². The number of imidazole rings is 1. The molecule has 2 amide bonds. The summed E-state index contributed by atoms with van der Waals surface area (Å²) in [5, 5.41) is 7.73. The molecule has 4 heterocycles. The molecule has 0 radical (unpaired) electrons. The van der Waals surface area contributed by atoms with Crippen LogP contribution in [0.15, 0.2) is 113 Å². The Kier molecular flexibility index (Phi) is 8.50. The highest BCUT2D eigenvalue weighted by Gasteiger charge is 2.35. The molecular weight excluding hydrogens is 696 g/mol. The van der Waals surface area contributed by atoms with Gasteiger partial charge in [0, 0.05) is 53.3 Å². The number of benzene rings is 3. The van der Waals surface area contributed by atoms with Gasteiger partial charge < -0.3 is 10.2 Å². The van der Waals surface area contributed by atoms with Crippen LogP contribution in [0.5, 0.6) is 0 Å². The van der Waals surface area contributed by atoms with E-state index in [4.69, 9.17) is 11.6 Å². The number of carbonyl (C=O) groups excluding carboxylic acids is 2. The van der Waals surface area contributed by atoms with Gasteiger partial charge in [0.15, 0.2) is 0 Å². The monoisotopic (exact) mass is 722 g/mol. The average Bonchev–Trinajstić information content (AvgIpc) is 3.75. The van der Waals surface area contributed by atoms with Gasteiger partial charge in [-0.25, -0.2) is 19.4 Å². The van der Waals surface area contributed by atoms with E-state index in [1.165, 1.54) is 10.9 Å². The molecule has 0 aliphatic carbocycles. The van der Waals surface area contributed by atoms with E-state index in [2.05, 4.69) is 36.3 Å². The van der Waals surface area contributed by atoms with E-state index < -0.39 is 5.91 Å². The Balaban J connectivity index is 1.28. The Morgan fingerprint density at radius 2 is 1.79 bits per heavy atom. The number of halogens is 2. The van der Waals surface area contributed by atoms with Crippen molar-refractivity contribution in [3.63, 3.8) is 0 Å². The van der Waals surface area contributed by atoms with E-state index >= 15 is 0 Å². The number of fused-ring (bicyclic) bond motifs is 1. The molecular formula is C35H28BrClN8O3. The van der Waals surface area contributed by atoms with Crippen molar-refractivity contribution < 1.29 is 9.59 Å². The maximum absolute atomic E-state index is 14.3. The third-order valence-corrected chi connectivity index (χ3v) is 9.61. The molecule has 1 unspecified atom stereocenters. The van der Waals surface area contributed by atoms with Gasteiger partial charge in [0.1, 0.15) is 12.0 Å². The molecule has 1 atom stereocenters. The van der Waals surface area contributed by atoms with Gasteiger partial charge >= 0.3 is 5.69 Å². The van der Waals surface area contributed by atoms with Crippen molar-refractivity contribution in [1.29, 1.82) is 0 Å². The molecule has 0 saturated heterocycles. The number of amides is 2. The van der Waals surface area contributed by atoms with E-state index in [1.807, 2.05) is 55.6 Å². The van der Waals surface area contributed by atoms with Gasteiger partial charge in [-0.05, 0) is 83.0 Å². The van der Waals surface area contributed by atoms with Crippen LogP contribution in [0.2, 0.25) is 5.02 Å². The summed E-state index contributed by atoms with van der Waals surface area (Å²) in [6, 6.07) is 23.2. The fourth-order valence-corrected chi connectivity index (χ4v) is 6.39. The van der Waals surface area contributed by atoms with Crippen LogP contribution in [0.1, 0.15) is 39.0 Å². The molecule has 6 aromatic rings. The number of aromatic nitrogens is 6. The molecule has 3 aromatic heterocycles. The molecule has 1 N–H and O–H groups in total.